The van der Waals surface area contributed by atoms with Crippen LogP contribution in [0.15, 0.2) is 54.6 Å². The Kier molecular flexibility index (Phi) is 4.42. The summed E-state index contributed by atoms with van der Waals surface area (Å²) in [5.41, 5.74) is 0.612. The van der Waals surface area contributed by atoms with E-state index in [1.54, 1.807) is 36.4 Å². The summed E-state index contributed by atoms with van der Waals surface area (Å²) in [5.74, 6) is -3.34. The van der Waals surface area contributed by atoms with Gasteiger partial charge in [-0.3, -0.25) is 9.59 Å². The van der Waals surface area contributed by atoms with Gasteiger partial charge in [0.15, 0.2) is 11.7 Å². The second-order valence-electron chi connectivity index (χ2n) is 4.29. The third-order valence-electron chi connectivity index (χ3n) is 2.82. The van der Waals surface area contributed by atoms with E-state index < -0.39 is 23.4 Å². The van der Waals surface area contributed by atoms with E-state index in [1.807, 2.05) is 0 Å². The Bertz CT molecular complexity index is 690. The predicted octanol–water partition coefficient (Wildman–Crippen LogP) is 2.79. The molecule has 0 heterocycles. The number of nitriles is 1. The Morgan fingerprint density at radius 3 is 2.24 bits per heavy atom. The third-order valence-corrected chi connectivity index (χ3v) is 2.82. The highest BCUT2D eigenvalue weighted by Gasteiger charge is 2.27. The summed E-state index contributed by atoms with van der Waals surface area (Å²) in [5, 5.41) is 11.6. The fourth-order valence-electron chi connectivity index (χ4n) is 1.75. The first-order valence-electron chi connectivity index (χ1n) is 6.17. The molecule has 104 valence electrons. The van der Waals surface area contributed by atoms with Gasteiger partial charge in [0.2, 0.25) is 5.91 Å². The van der Waals surface area contributed by atoms with Crippen LogP contribution in [-0.4, -0.2) is 11.7 Å². The molecule has 0 aliphatic carbocycles. The lowest BCUT2D eigenvalue weighted by Crippen LogP contribution is -2.28. The summed E-state index contributed by atoms with van der Waals surface area (Å²) in [6.45, 7) is 0. The topological polar surface area (TPSA) is 70.0 Å². The number of hydrogen-bond donors (Lipinski definition) is 1. The van der Waals surface area contributed by atoms with Crippen LogP contribution in [0.5, 0.6) is 0 Å². The number of halogens is 1. The van der Waals surface area contributed by atoms with Gasteiger partial charge in [0.25, 0.3) is 0 Å². The van der Waals surface area contributed by atoms with E-state index in [1.165, 1.54) is 12.1 Å². The molecule has 5 heteroatoms. The van der Waals surface area contributed by atoms with Crippen LogP contribution < -0.4 is 5.32 Å². The minimum Gasteiger partial charge on any atom is -0.325 e. The zero-order valence-corrected chi connectivity index (χ0v) is 10.9. The molecule has 1 atom stereocenters. The van der Waals surface area contributed by atoms with E-state index in [0.29, 0.717) is 5.69 Å². The van der Waals surface area contributed by atoms with Gasteiger partial charge in [-0.05, 0) is 36.4 Å². The molecule has 2 aromatic carbocycles. The lowest BCUT2D eigenvalue weighted by atomic mass is 9.98. The highest BCUT2D eigenvalue weighted by atomic mass is 19.1. The van der Waals surface area contributed by atoms with Gasteiger partial charge >= 0.3 is 0 Å². The van der Waals surface area contributed by atoms with Gasteiger partial charge in [0, 0.05) is 11.3 Å². The predicted molar refractivity (Wildman–Crippen MR) is 74.9 cm³/mol. The van der Waals surface area contributed by atoms with Gasteiger partial charge in [-0.25, -0.2) is 4.39 Å². The van der Waals surface area contributed by atoms with Crippen LogP contribution in [0, 0.1) is 23.1 Å². The molecule has 2 aromatic rings. The van der Waals surface area contributed by atoms with Gasteiger partial charge in [0.05, 0.1) is 6.07 Å². The Morgan fingerprint density at radius 2 is 1.67 bits per heavy atom. The fourth-order valence-corrected chi connectivity index (χ4v) is 1.75. The molecule has 0 unspecified atom stereocenters. The average molecular weight is 282 g/mol. The fraction of sp³-hybridized carbons (Fsp3) is 0.0625. The third kappa shape index (κ3) is 3.51. The molecule has 21 heavy (non-hydrogen) atoms. The molecular weight excluding hydrogens is 271 g/mol. The van der Waals surface area contributed by atoms with E-state index in [0.717, 1.165) is 12.1 Å². The summed E-state index contributed by atoms with van der Waals surface area (Å²) < 4.78 is 12.8. The quantitative estimate of drug-likeness (QED) is 0.692. The Morgan fingerprint density at radius 1 is 1.05 bits per heavy atom. The van der Waals surface area contributed by atoms with Gasteiger partial charge in [0.1, 0.15) is 5.82 Å². The van der Waals surface area contributed by atoms with Crippen molar-refractivity contribution in [2.75, 3.05) is 5.32 Å². The van der Waals surface area contributed by atoms with Crippen LogP contribution in [0.3, 0.4) is 0 Å². The lowest BCUT2D eigenvalue weighted by molar-refractivity contribution is -0.117. The highest BCUT2D eigenvalue weighted by Crippen LogP contribution is 2.13. The van der Waals surface area contributed by atoms with Crippen molar-refractivity contribution in [2.45, 2.75) is 0 Å². The number of Topliss-reactive ketones (excluding diaryl/α,β-unsaturated/α-hetero) is 1. The van der Waals surface area contributed by atoms with Crippen molar-refractivity contribution >= 4 is 17.4 Å². The molecule has 0 aromatic heterocycles. The smallest absolute Gasteiger partial charge is 0.249 e. The maximum Gasteiger partial charge on any atom is 0.249 e. The second kappa shape index (κ2) is 6.44. The maximum atomic E-state index is 12.8. The van der Waals surface area contributed by atoms with Crippen LogP contribution in [0.2, 0.25) is 0 Å². The minimum atomic E-state index is -1.48. The van der Waals surface area contributed by atoms with Gasteiger partial charge in [-0.2, -0.15) is 5.26 Å². The van der Waals surface area contributed by atoms with Crippen molar-refractivity contribution < 1.29 is 14.0 Å². The average Bonchev–Trinajstić information content (AvgIpc) is 2.49. The lowest BCUT2D eigenvalue weighted by Gasteiger charge is -2.09. The largest absolute Gasteiger partial charge is 0.325 e. The Balaban J connectivity index is 2.15. The monoisotopic (exact) mass is 282 g/mol. The Labute approximate surface area is 120 Å². The van der Waals surface area contributed by atoms with Crippen molar-refractivity contribution in [1.29, 1.82) is 5.26 Å². The summed E-state index contributed by atoms with van der Waals surface area (Å²) in [4.78, 5) is 24.1. The van der Waals surface area contributed by atoms with Crippen LogP contribution in [0.4, 0.5) is 10.1 Å². The van der Waals surface area contributed by atoms with E-state index >= 15 is 0 Å². The number of rotatable bonds is 4. The number of para-hydroxylation sites is 1. The molecule has 0 fully saturated rings. The van der Waals surface area contributed by atoms with Gasteiger partial charge in [-0.15, -0.1) is 0 Å². The molecule has 0 aliphatic heterocycles. The van der Waals surface area contributed by atoms with Crippen LogP contribution in [-0.2, 0) is 4.79 Å². The molecule has 0 aliphatic rings. The molecule has 1 N–H and O–H groups in total. The van der Waals surface area contributed by atoms with Crippen molar-refractivity contribution in [3.8, 4) is 6.07 Å². The normalized spacial score (nSPS) is 11.2. The number of carbonyl (C=O) groups is 2. The SMILES string of the molecule is N#C[C@@H](C(=O)Nc1ccccc1)C(=O)c1ccc(F)cc1. The molecule has 2 rings (SSSR count). The zero-order valence-electron chi connectivity index (χ0n) is 10.9. The summed E-state index contributed by atoms with van der Waals surface area (Å²) >= 11 is 0. The number of nitrogens with one attached hydrogen (secondary N) is 1. The molecule has 0 saturated carbocycles. The Hall–Kier alpha value is -3.00. The first-order valence-corrected chi connectivity index (χ1v) is 6.17. The zero-order chi connectivity index (χ0) is 15.2. The molecule has 0 spiro atoms. The highest BCUT2D eigenvalue weighted by molar-refractivity contribution is 6.15. The molecule has 0 saturated heterocycles. The molecule has 0 radical (unpaired) electrons. The van der Waals surface area contributed by atoms with Crippen molar-refractivity contribution in [2.24, 2.45) is 5.92 Å². The first-order chi connectivity index (χ1) is 10.1. The molecule has 1 amide bonds. The molecular formula is C16H11FN2O2. The van der Waals surface area contributed by atoms with Crippen LogP contribution in [0.1, 0.15) is 10.4 Å². The number of hydrogen-bond acceptors (Lipinski definition) is 3. The maximum absolute atomic E-state index is 12.8. The second-order valence-corrected chi connectivity index (χ2v) is 4.29. The summed E-state index contributed by atoms with van der Waals surface area (Å²) in [6.07, 6.45) is 0. The number of amides is 1. The van der Waals surface area contributed by atoms with Gasteiger partial charge in [-0.1, -0.05) is 18.2 Å². The first kappa shape index (κ1) is 14.4. The molecule has 0 bridgehead atoms. The van der Waals surface area contributed by atoms with E-state index in [-0.39, 0.29) is 5.56 Å². The van der Waals surface area contributed by atoms with E-state index in [9.17, 15) is 14.0 Å². The summed E-state index contributed by atoms with van der Waals surface area (Å²) in [7, 11) is 0. The van der Waals surface area contributed by atoms with E-state index in [2.05, 4.69) is 5.32 Å². The van der Waals surface area contributed by atoms with Crippen LogP contribution in [0.25, 0.3) is 0 Å². The van der Waals surface area contributed by atoms with Gasteiger partial charge < -0.3 is 5.32 Å². The molecule has 4 nitrogen and oxygen atoms in total. The number of benzene rings is 2. The number of nitrogens with zero attached hydrogens (tertiary/aromatic N) is 1. The number of ketones is 1. The van der Waals surface area contributed by atoms with Crippen molar-refractivity contribution in [3.63, 3.8) is 0 Å². The van der Waals surface area contributed by atoms with E-state index in [4.69, 9.17) is 5.26 Å². The standard InChI is InChI=1S/C16H11FN2O2/c17-12-8-6-11(7-9-12)15(20)14(10-18)16(21)19-13-4-2-1-3-5-13/h1-9,14H,(H,19,21)/t14-/m1/s1. The number of anilines is 1. The van der Waals surface area contributed by atoms with Crippen molar-refractivity contribution in [1.82, 2.24) is 0 Å². The summed E-state index contributed by atoms with van der Waals surface area (Å²) in [6, 6.07) is 14.9. The van der Waals surface area contributed by atoms with Crippen molar-refractivity contribution in [3.05, 3.63) is 66.0 Å². The van der Waals surface area contributed by atoms with Crippen LogP contribution >= 0.6 is 0 Å². The number of carbonyl (C=O) groups excluding carboxylic acids is 2. The minimum absolute atomic E-state index is 0.117.